The van der Waals surface area contributed by atoms with Gasteiger partial charge in [0, 0.05) is 12.7 Å². The maximum Gasteiger partial charge on any atom is 0.305 e. The highest BCUT2D eigenvalue weighted by Crippen LogP contribution is 2.16. The number of hydrogen-bond donors (Lipinski definition) is 5. The van der Waals surface area contributed by atoms with E-state index in [-0.39, 0.29) is 4.90 Å². The Bertz CT molecular complexity index is 1330. The molecule has 0 aliphatic rings. The number of benzene rings is 1. The van der Waals surface area contributed by atoms with Crippen LogP contribution < -0.4 is 15.4 Å². The second-order valence-corrected chi connectivity index (χ2v) is 13.6. The second-order valence-electron chi connectivity index (χ2n) is 9.25. The smallest absolute Gasteiger partial charge is 0.305 e. The van der Waals surface area contributed by atoms with Gasteiger partial charge in [0.15, 0.2) is 9.84 Å². The minimum atomic E-state index is -4.26. The number of carbonyl (C=O) groups excluding carboxylic acids is 2. The van der Waals surface area contributed by atoms with E-state index in [0.717, 1.165) is 17.9 Å². The molecule has 0 aliphatic heterocycles. The fourth-order valence-corrected chi connectivity index (χ4v) is 5.13. The average molecular weight is 624 g/mol. The fraction of sp³-hybridized carbons (Fsp3) is 0.500. The molecular formula is C24H34ClN3O10S2. The molecule has 4 atom stereocenters. The number of aryl methyl sites for hydroxylation is 1. The van der Waals surface area contributed by atoms with Crippen molar-refractivity contribution in [1.82, 2.24) is 15.4 Å². The van der Waals surface area contributed by atoms with Crippen molar-refractivity contribution >= 4 is 55.2 Å². The summed E-state index contributed by atoms with van der Waals surface area (Å²) >= 11 is 5.74. The van der Waals surface area contributed by atoms with Gasteiger partial charge in [-0.15, -0.1) is 0 Å². The van der Waals surface area contributed by atoms with Crippen LogP contribution >= 0.6 is 11.6 Å². The first kappa shape index (κ1) is 35.0. The first-order valence-electron chi connectivity index (χ1n) is 12.1. The first-order valence-corrected chi connectivity index (χ1v) is 15.8. The Morgan fingerprint density at radius 3 is 2.02 bits per heavy atom. The van der Waals surface area contributed by atoms with Gasteiger partial charge in [-0.05, 0) is 37.5 Å². The van der Waals surface area contributed by atoms with E-state index in [0.29, 0.717) is 6.42 Å². The van der Waals surface area contributed by atoms with Crippen LogP contribution in [0.2, 0.25) is 0 Å². The van der Waals surface area contributed by atoms with Crippen molar-refractivity contribution in [1.29, 1.82) is 0 Å². The number of carboxylic acids is 2. The van der Waals surface area contributed by atoms with Crippen LogP contribution in [0.4, 0.5) is 0 Å². The van der Waals surface area contributed by atoms with Crippen LogP contribution in [0.3, 0.4) is 0 Å². The molecule has 1 rings (SSSR count). The number of nitrogens with one attached hydrogen (secondary N) is 3. The Hall–Kier alpha value is -3.01. The number of carboxylic acid groups (broad SMARTS) is 2. The van der Waals surface area contributed by atoms with Crippen molar-refractivity contribution in [2.75, 3.05) is 6.26 Å². The molecule has 0 spiro atoms. The molecular weight excluding hydrogens is 590 g/mol. The molecule has 0 bridgehead atoms. The second kappa shape index (κ2) is 15.1. The van der Waals surface area contributed by atoms with Gasteiger partial charge in [0.05, 0.1) is 17.4 Å². The van der Waals surface area contributed by atoms with Crippen LogP contribution in [0.1, 0.15) is 45.1 Å². The Kier molecular flexibility index (Phi) is 13.2. The zero-order valence-corrected chi connectivity index (χ0v) is 24.8. The average Bonchev–Trinajstić information content (AvgIpc) is 2.83. The van der Waals surface area contributed by atoms with Crippen molar-refractivity contribution in [3.63, 3.8) is 0 Å². The van der Waals surface area contributed by atoms with Crippen molar-refractivity contribution in [3.8, 4) is 0 Å². The van der Waals surface area contributed by atoms with Gasteiger partial charge in [-0.3, -0.25) is 19.2 Å². The molecule has 40 heavy (non-hydrogen) atoms. The number of hydrogen-bond acceptors (Lipinski definition) is 8. The Balaban J connectivity index is 3.29. The number of rotatable bonds is 16. The van der Waals surface area contributed by atoms with E-state index in [1.54, 1.807) is 32.9 Å². The quantitative estimate of drug-likeness (QED) is 0.177. The number of sulfone groups is 1. The predicted molar refractivity (Wildman–Crippen MR) is 147 cm³/mol. The van der Waals surface area contributed by atoms with Crippen LogP contribution in [0, 0.1) is 12.8 Å². The topological polar surface area (TPSA) is 213 Å². The predicted octanol–water partition coefficient (Wildman–Crippen LogP) is 1.12. The van der Waals surface area contributed by atoms with Gasteiger partial charge in [-0.25, -0.2) is 16.8 Å². The summed E-state index contributed by atoms with van der Waals surface area (Å²) in [5.74, 6) is -5.09. The van der Waals surface area contributed by atoms with Crippen LogP contribution in [0.15, 0.2) is 39.6 Å². The maximum atomic E-state index is 13.2. The largest absolute Gasteiger partial charge is 0.481 e. The van der Waals surface area contributed by atoms with Crippen molar-refractivity contribution in [3.05, 3.63) is 40.3 Å². The zero-order chi connectivity index (χ0) is 30.8. The number of halogens is 1. The van der Waals surface area contributed by atoms with Crippen molar-refractivity contribution < 1.29 is 46.2 Å². The van der Waals surface area contributed by atoms with E-state index >= 15 is 0 Å². The highest BCUT2D eigenvalue weighted by atomic mass is 35.5. The minimum Gasteiger partial charge on any atom is -0.481 e. The molecule has 1 aromatic rings. The summed E-state index contributed by atoms with van der Waals surface area (Å²) in [6, 6.07) is 1.46. The number of amides is 2. The number of aliphatic carboxylic acids is 2. The highest BCUT2D eigenvalue weighted by Gasteiger charge is 2.33. The molecule has 5 N–H and O–H groups in total. The minimum absolute atomic E-state index is 0.159. The molecule has 0 saturated carbocycles. The monoisotopic (exact) mass is 623 g/mol. The highest BCUT2D eigenvalue weighted by molar-refractivity contribution is 7.96. The van der Waals surface area contributed by atoms with Gasteiger partial charge < -0.3 is 20.8 Å². The summed E-state index contributed by atoms with van der Waals surface area (Å²) in [7, 11) is -8.16. The van der Waals surface area contributed by atoms with E-state index in [2.05, 4.69) is 15.4 Å². The van der Waals surface area contributed by atoms with Crippen LogP contribution in [-0.4, -0.2) is 75.2 Å². The third kappa shape index (κ3) is 11.6. The molecule has 16 heteroatoms. The fourth-order valence-electron chi connectivity index (χ4n) is 3.33. The van der Waals surface area contributed by atoms with E-state index < -0.39 is 91.3 Å². The van der Waals surface area contributed by atoms with Gasteiger partial charge in [-0.1, -0.05) is 49.6 Å². The van der Waals surface area contributed by atoms with E-state index in [1.165, 1.54) is 12.1 Å². The van der Waals surface area contributed by atoms with Crippen LogP contribution in [0.5, 0.6) is 0 Å². The summed E-state index contributed by atoms with van der Waals surface area (Å²) in [4.78, 5) is 48.7. The molecule has 0 heterocycles. The van der Waals surface area contributed by atoms with Gasteiger partial charge >= 0.3 is 11.9 Å². The Morgan fingerprint density at radius 1 is 0.975 bits per heavy atom. The summed E-state index contributed by atoms with van der Waals surface area (Å²) in [5.41, 5.74) is 0.787. The molecule has 0 radical (unpaired) electrons. The standard InChI is InChI=1S/C24H34ClN3O10S2/c1-5-15(3)22(24(34)26-16(13-21(31)32)12-19(25)39(4,35)36)27-23(33)18(10-11-20(29)30)28-40(37,38)17-8-6-14(2)7-9-17/h6-9,12,15-16,18,22,28H,5,10-11,13H2,1-4H3,(H,26,34)(H,27,33)(H,29,30)(H,31,32)/b19-12+/t15?,16-,18+,22-/m1/s1. The van der Waals surface area contributed by atoms with Gasteiger partial charge in [-0.2, -0.15) is 4.72 Å². The Morgan fingerprint density at radius 2 is 1.55 bits per heavy atom. The third-order valence-corrected chi connectivity index (χ3v) is 9.09. The van der Waals surface area contributed by atoms with Gasteiger partial charge in [0.1, 0.15) is 16.4 Å². The van der Waals surface area contributed by atoms with E-state index in [1.807, 2.05) is 0 Å². The molecule has 0 aromatic heterocycles. The SMILES string of the molecule is CCC(C)[C@@H](NC(=O)[C@H](CCC(=O)O)NS(=O)(=O)c1ccc(C)cc1)C(=O)N[C@H](/C=C(\Cl)S(C)(=O)=O)CC(=O)O. The van der Waals surface area contributed by atoms with Gasteiger partial charge in [0.25, 0.3) is 0 Å². The first-order chi connectivity index (χ1) is 18.4. The molecule has 0 fully saturated rings. The zero-order valence-electron chi connectivity index (χ0n) is 22.4. The van der Waals surface area contributed by atoms with Crippen molar-refractivity contribution in [2.24, 2.45) is 5.92 Å². The summed E-state index contributed by atoms with van der Waals surface area (Å²) < 4.78 is 50.7. The lowest BCUT2D eigenvalue weighted by Gasteiger charge is -2.27. The molecule has 2 amide bonds. The molecule has 1 aromatic carbocycles. The Labute approximate surface area is 238 Å². The normalized spacial score (nSPS) is 15.4. The van der Waals surface area contributed by atoms with Crippen LogP contribution in [-0.2, 0) is 39.0 Å². The van der Waals surface area contributed by atoms with Gasteiger partial charge in [0.2, 0.25) is 21.8 Å². The molecule has 1 unspecified atom stereocenters. The van der Waals surface area contributed by atoms with E-state index in [4.69, 9.17) is 16.7 Å². The lowest BCUT2D eigenvalue weighted by Crippen LogP contribution is -2.57. The lowest BCUT2D eigenvalue weighted by atomic mass is 9.97. The summed E-state index contributed by atoms with van der Waals surface area (Å²) in [6.45, 7) is 5.05. The molecule has 0 aliphatic carbocycles. The molecule has 0 saturated heterocycles. The summed E-state index contributed by atoms with van der Waals surface area (Å²) in [5, 5.41) is 23.1. The molecule has 13 nitrogen and oxygen atoms in total. The molecule has 224 valence electrons. The van der Waals surface area contributed by atoms with E-state index in [9.17, 15) is 41.1 Å². The number of sulfonamides is 1. The van der Waals surface area contributed by atoms with Crippen molar-refractivity contribution in [2.45, 2.75) is 69.5 Å². The summed E-state index contributed by atoms with van der Waals surface area (Å²) in [6.07, 6.45) is 0.263. The lowest BCUT2D eigenvalue weighted by molar-refractivity contribution is -0.139. The number of carbonyl (C=O) groups is 4. The maximum absolute atomic E-state index is 13.2. The third-order valence-electron chi connectivity index (χ3n) is 5.79. The van der Waals surface area contributed by atoms with Crippen LogP contribution in [0.25, 0.3) is 0 Å².